The second kappa shape index (κ2) is 12.6. The molecule has 1 aromatic heterocycles. The summed E-state index contributed by atoms with van der Waals surface area (Å²) in [6, 6.07) is 33.9. The summed E-state index contributed by atoms with van der Waals surface area (Å²) in [5.41, 5.74) is 5.41. The van der Waals surface area contributed by atoms with Crippen LogP contribution in [0, 0.1) is 0 Å². The number of nitrogens with one attached hydrogen (secondary N) is 1. The van der Waals surface area contributed by atoms with Gasteiger partial charge in [0.2, 0.25) is 10.0 Å². The van der Waals surface area contributed by atoms with Gasteiger partial charge in [0.25, 0.3) is 5.91 Å². The molecule has 0 spiro atoms. The third-order valence-electron chi connectivity index (χ3n) is 6.73. The molecule has 1 N–H and O–H groups in total. The van der Waals surface area contributed by atoms with Crippen molar-refractivity contribution in [3.05, 3.63) is 125 Å². The smallest absolute Gasteiger partial charge is 0.257 e. The Bertz CT molecular complexity index is 1720. The number of carbonyl (C=O) groups excluding carboxylic acids is 1. The van der Waals surface area contributed by atoms with Crippen LogP contribution in [0.5, 0.6) is 0 Å². The van der Waals surface area contributed by atoms with Gasteiger partial charge >= 0.3 is 0 Å². The van der Waals surface area contributed by atoms with E-state index in [0.29, 0.717) is 10.7 Å². The molecule has 0 atom stereocenters. The number of rotatable bonds is 10. The number of anilines is 1. The van der Waals surface area contributed by atoms with E-state index in [0.717, 1.165) is 45.7 Å². The summed E-state index contributed by atoms with van der Waals surface area (Å²) in [5.74, 6) is -0.339. The number of hydrogen-bond donors (Lipinski definition) is 1. The Morgan fingerprint density at radius 2 is 1.39 bits per heavy atom. The van der Waals surface area contributed by atoms with Gasteiger partial charge in [-0.15, -0.1) is 11.3 Å². The predicted octanol–water partition coefficient (Wildman–Crippen LogP) is 7.50. The molecule has 5 rings (SSSR count). The van der Waals surface area contributed by atoms with Crippen LogP contribution < -0.4 is 5.32 Å². The zero-order valence-corrected chi connectivity index (χ0v) is 24.6. The van der Waals surface area contributed by atoms with Crippen LogP contribution in [0.4, 0.5) is 5.13 Å². The summed E-state index contributed by atoms with van der Waals surface area (Å²) >= 11 is 1.47. The van der Waals surface area contributed by atoms with Crippen LogP contribution in [0.2, 0.25) is 0 Å². The Morgan fingerprint density at radius 1 is 0.805 bits per heavy atom. The number of thiazole rings is 1. The van der Waals surface area contributed by atoms with Crippen molar-refractivity contribution in [3.8, 4) is 22.4 Å². The molecule has 0 saturated heterocycles. The van der Waals surface area contributed by atoms with E-state index in [1.54, 1.807) is 7.05 Å². The topological polar surface area (TPSA) is 79.4 Å². The quantitative estimate of drug-likeness (QED) is 0.185. The molecule has 208 valence electrons. The van der Waals surface area contributed by atoms with E-state index in [1.807, 2.05) is 48.5 Å². The standard InChI is InChI=1S/C33H31N3O3S2/c1-3-10-30-31(27-17-15-26(16-18-27)25-13-8-5-9-14-25)34-33(40-30)35-32(37)28-19-21-29(22-20-28)41(38,39)36(2)23-24-11-6-4-7-12-24/h4-9,11-22H,3,10,23H2,1-2H3,(H,34,35,37). The normalized spacial score (nSPS) is 11.5. The highest BCUT2D eigenvalue weighted by Crippen LogP contribution is 2.33. The highest BCUT2D eigenvalue weighted by Gasteiger charge is 2.22. The first-order chi connectivity index (χ1) is 19.8. The third-order valence-corrected chi connectivity index (χ3v) is 9.58. The number of amides is 1. The average Bonchev–Trinajstić information content (AvgIpc) is 3.40. The first-order valence-corrected chi connectivity index (χ1v) is 15.7. The molecule has 0 aliphatic heterocycles. The molecule has 0 aliphatic rings. The minimum absolute atomic E-state index is 0.133. The molecule has 1 amide bonds. The monoisotopic (exact) mass is 581 g/mol. The average molecular weight is 582 g/mol. The Labute approximate surface area is 245 Å². The largest absolute Gasteiger partial charge is 0.298 e. The Balaban J connectivity index is 1.30. The lowest BCUT2D eigenvalue weighted by Crippen LogP contribution is -2.26. The van der Waals surface area contributed by atoms with Crippen molar-refractivity contribution < 1.29 is 13.2 Å². The maximum atomic E-state index is 13.1. The fraction of sp³-hybridized carbons (Fsp3) is 0.152. The van der Waals surface area contributed by atoms with Gasteiger partial charge in [-0.2, -0.15) is 4.31 Å². The van der Waals surface area contributed by atoms with Crippen molar-refractivity contribution >= 4 is 32.4 Å². The number of sulfonamides is 1. The molecule has 4 aromatic carbocycles. The number of carbonyl (C=O) groups is 1. The van der Waals surface area contributed by atoms with Crippen molar-refractivity contribution in [2.45, 2.75) is 31.2 Å². The predicted molar refractivity (Wildman–Crippen MR) is 166 cm³/mol. The van der Waals surface area contributed by atoms with E-state index in [-0.39, 0.29) is 17.3 Å². The van der Waals surface area contributed by atoms with Crippen LogP contribution in [-0.4, -0.2) is 30.7 Å². The van der Waals surface area contributed by atoms with Crippen molar-refractivity contribution in [2.75, 3.05) is 12.4 Å². The highest BCUT2D eigenvalue weighted by atomic mass is 32.2. The molecule has 0 aliphatic carbocycles. The van der Waals surface area contributed by atoms with Gasteiger partial charge in [-0.05, 0) is 47.4 Å². The summed E-state index contributed by atoms with van der Waals surface area (Å²) in [6.45, 7) is 2.38. The van der Waals surface area contributed by atoms with E-state index in [2.05, 4.69) is 48.6 Å². The Morgan fingerprint density at radius 3 is 2.02 bits per heavy atom. The van der Waals surface area contributed by atoms with Gasteiger partial charge in [0.15, 0.2) is 5.13 Å². The molecule has 0 bridgehead atoms. The van der Waals surface area contributed by atoms with E-state index in [4.69, 9.17) is 4.98 Å². The van der Waals surface area contributed by atoms with Crippen LogP contribution in [0.3, 0.4) is 0 Å². The van der Waals surface area contributed by atoms with E-state index >= 15 is 0 Å². The molecule has 0 radical (unpaired) electrons. The molecule has 0 fully saturated rings. The zero-order valence-electron chi connectivity index (χ0n) is 22.9. The van der Waals surface area contributed by atoms with E-state index < -0.39 is 10.0 Å². The van der Waals surface area contributed by atoms with E-state index in [1.165, 1.54) is 39.9 Å². The number of nitrogens with zero attached hydrogens (tertiary/aromatic N) is 2. The first-order valence-electron chi connectivity index (χ1n) is 13.4. The van der Waals surface area contributed by atoms with Gasteiger partial charge < -0.3 is 0 Å². The van der Waals surface area contributed by atoms with Crippen LogP contribution >= 0.6 is 11.3 Å². The number of aryl methyl sites for hydroxylation is 1. The van der Waals surface area contributed by atoms with Crippen LogP contribution in [0.25, 0.3) is 22.4 Å². The molecule has 8 heteroatoms. The van der Waals surface area contributed by atoms with Crippen molar-refractivity contribution in [3.63, 3.8) is 0 Å². The molecule has 1 heterocycles. The molecule has 41 heavy (non-hydrogen) atoms. The van der Waals surface area contributed by atoms with Crippen molar-refractivity contribution in [2.24, 2.45) is 0 Å². The van der Waals surface area contributed by atoms with Gasteiger partial charge in [-0.1, -0.05) is 98.3 Å². The number of hydrogen-bond acceptors (Lipinski definition) is 5. The lowest BCUT2D eigenvalue weighted by atomic mass is 10.0. The lowest BCUT2D eigenvalue weighted by Gasteiger charge is -2.17. The fourth-order valence-corrected chi connectivity index (χ4v) is 6.77. The SMILES string of the molecule is CCCc1sc(NC(=O)c2ccc(S(=O)(=O)N(C)Cc3ccccc3)cc2)nc1-c1ccc(-c2ccccc2)cc1. The number of aromatic nitrogens is 1. The molecule has 5 aromatic rings. The van der Waals surface area contributed by atoms with Gasteiger partial charge in [-0.3, -0.25) is 10.1 Å². The van der Waals surface area contributed by atoms with Crippen molar-refractivity contribution in [1.29, 1.82) is 0 Å². The van der Waals surface area contributed by atoms with Gasteiger partial charge in [0, 0.05) is 29.6 Å². The minimum Gasteiger partial charge on any atom is -0.298 e. The fourth-order valence-electron chi connectivity index (χ4n) is 4.53. The number of benzene rings is 4. The van der Waals surface area contributed by atoms with Gasteiger partial charge in [0.1, 0.15) is 0 Å². The molecule has 0 unspecified atom stereocenters. The summed E-state index contributed by atoms with van der Waals surface area (Å²) in [6.07, 6.45) is 1.81. The second-order valence-electron chi connectivity index (χ2n) is 9.71. The van der Waals surface area contributed by atoms with Crippen molar-refractivity contribution in [1.82, 2.24) is 9.29 Å². The second-order valence-corrected chi connectivity index (χ2v) is 12.8. The zero-order chi connectivity index (χ0) is 28.8. The van der Waals surface area contributed by atoms with Crippen LogP contribution in [0.15, 0.2) is 114 Å². The minimum atomic E-state index is -3.71. The molecule has 0 saturated carbocycles. The molecular formula is C33H31N3O3S2. The Kier molecular flexibility index (Phi) is 8.73. The van der Waals surface area contributed by atoms with Gasteiger partial charge in [0.05, 0.1) is 10.6 Å². The summed E-state index contributed by atoms with van der Waals surface area (Å²) in [5, 5.41) is 3.42. The molecular weight excluding hydrogens is 551 g/mol. The molecule has 6 nitrogen and oxygen atoms in total. The lowest BCUT2D eigenvalue weighted by molar-refractivity contribution is 0.102. The summed E-state index contributed by atoms with van der Waals surface area (Å²) in [7, 11) is -2.16. The first kappa shape index (κ1) is 28.4. The van der Waals surface area contributed by atoms with Gasteiger partial charge in [-0.25, -0.2) is 13.4 Å². The maximum absolute atomic E-state index is 13.1. The third kappa shape index (κ3) is 6.62. The maximum Gasteiger partial charge on any atom is 0.257 e. The highest BCUT2D eigenvalue weighted by molar-refractivity contribution is 7.89. The van der Waals surface area contributed by atoms with Crippen LogP contribution in [0.1, 0.15) is 34.1 Å². The Hall–Kier alpha value is -4.11. The van der Waals surface area contributed by atoms with Crippen LogP contribution in [-0.2, 0) is 23.0 Å². The summed E-state index contributed by atoms with van der Waals surface area (Å²) in [4.78, 5) is 19.1. The summed E-state index contributed by atoms with van der Waals surface area (Å²) < 4.78 is 27.4. The van der Waals surface area contributed by atoms with E-state index in [9.17, 15) is 13.2 Å².